The lowest BCUT2D eigenvalue weighted by Crippen LogP contribution is -2.30. The van der Waals surface area contributed by atoms with Crippen molar-refractivity contribution in [2.24, 2.45) is 5.92 Å². The highest BCUT2D eigenvalue weighted by Gasteiger charge is 2.26. The molecule has 1 aromatic rings. The largest absolute Gasteiger partial charge is 0.393 e. The number of anilines is 1. The van der Waals surface area contributed by atoms with Gasteiger partial charge in [0.05, 0.1) is 12.7 Å². The number of carbonyl (C=O) groups is 1. The number of hydrogen-bond donors (Lipinski definition) is 4. The molecule has 1 aliphatic carbocycles. The molecule has 1 aromatic heterocycles. The van der Waals surface area contributed by atoms with Crippen molar-refractivity contribution in [1.29, 1.82) is 0 Å². The molecule has 0 radical (unpaired) electrons. The van der Waals surface area contributed by atoms with Gasteiger partial charge in [0.15, 0.2) is 5.82 Å². The van der Waals surface area contributed by atoms with Crippen molar-refractivity contribution < 1.29 is 14.6 Å². The number of rotatable bonds is 8. The molecule has 1 saturated carbocycles. The molecular weight excluding hydrogens is 320 g/mol. The highest BCUT2D eigenvalue weighted by molar-refractivity contribution is 6.03. The molecule has 0 spiro atoms. The molecule has 7 nitrogen and oxygen atoms in total. The number of methoxy groups -OCH3 is 1. The van der Waals surface area contributed by atoms with Gasteiger partial charge in [0.2, 0.25) is 0 Å². The van der Waals surface area contributed by atoms with E-state index in [4.69, 9.17) is 4.74 Å². The summed E-state index contributed by atoms with van der Waals surface area (Å²) in [6.45, 7) is 4.47. The van der Waals surface area contributed by atoms with Crippen LogP contribution >= 0.6 is 0 Å². The van der Waals surface area contributed by atoms with Gasteiger partial charge in [0.1, 0.15) is 0 Å². The van der Waals surface area contributed by atoms with Gasteiger partial charge < -0.3 is 20.5 Å². The van der Waals surface area contributed by atoms with E-state index in [0.717, 1.165) is 25.0 Å². The Labute approximate surface area is 149 Å². The van der Waals surface area contributed by atoms with E-state index in [1.807, 2.05) is 33.0 Å². The van der Waals surface area contributed by atoms with Gasteiger partial charge in [-0.15, -0.1) is 0 Å². The van der Waals surface area contributed by atoms with Crippen LogP contribution in [0.5, 0.6) is 0 Å². The van der Waals surface area contributed by atoms with Crippen LogP contribution in [0.4, 0.5) is 5.82 Å². The summed E-state index contributed by atoms with van der Waals surface area (Å²) in [5.41, 5.74) is 1.66. The molecule has 0 saturated heterocycles. The average Bonchev–Trinajstić information content (AvgIpc) is 3.19. The number of hydrogen-bond acceptors (Lipinski definition) is 5. The lowest BCUT2D eigenvalue weighted by Gasteiger charge is -2.16. The van der Waals surface area contributed by atoms with Crippen molar-refractivity contribution in [1.82, 2.24) is 15.5 Å². The first kappa shape index (κ1) is 19.6. The highest BCUT2D eigenvalue weighted by atomic mass is 16.5. The van der Waals surface area contributed by atoms with E-state index in [-0.39, 0.29) is 29.9 Å². The van der Waals surface area contributed by atoms with Crippen LogP contribution in [0.1, 0.15) is 44.7 Å². The van der Waals surface area contributed by atoms with E-state index in [1.54, 1.807) is 7.11 Å². The van der Waals surface area contributed by atoms with E-state index in [1.165, 1.54) is 0 Å². The van der Waals surface area contributed by atoms with Gasteiger partial charge in [-0.3, -0.25) is 9.89 Å². The first-order valence-corrected chi connectivity index (χ1v) is 8.87. The van der Waals surface area contributed by atoms with Crippen molar-refractivity contribution in [3.8, 4) is 0 Å². The van der Waals surface area contributed by atoms with E-state index in [9.17, 15) is 9.90 Å². The molecule has 0 bridgehead atoms. The predicted octanol–water partition coefficient (Wildman–Crippen LogP) is 1.79. The fraction of sp³-hybridized carbons (Fsp3) is 0.667. The van der Waals surface area contributed by atoms with Gasteiger partial charge in [-0.25, -0.2) is 0 Å². The van der Waals surface area contributed by atoms with Gasteiger partial charge in [-0.1, -0.05) is 19.9 Å². The molecule has 7 heteroatoms. The standard InChI is InChI=1S/C18H30N4O3/c1-11(2)15(8-13(19-3)10-25-4)18(24)20-17-9-16(21-22-17)12-5-6-14(23)7-12/h8-9,11-14,19,23H,5-7,10H2,1-4H3,(H2,20,21,22,24)/b15-8+. The first-order valence-electron chi connectivity index (χ1n) is 8.87. The van der Waals surface area contributed by atoms with Gasteiger partial charge in [0.25, 0.3) is 5.91 Å². The van der Waals surface area contributed by atoms with Crippen LogP contribution in [0, 0.1) is 5.92 Å². The van der Waals surface area contributed by atoms with Crippen molar-refractivity contribution in [2.45, 2.75) is 51.2 Å². The minimum Gasteiger partial charge on any atom is -0.393 e. The topological polar surface area (TPSA) is 99.3 Å². The lowest BCUT2D eigenvalue weighted by molar-refractivity contribution is -0.113. The molecule has 0 aliphatic heterocycles. The van der Waals surface area contributed by atoms with Crippen molar-refractivity contribution in [3.05, 3.63) is 23.4 Å². The minimum absolute atomic E-state index is 0.0251. The molecule has 3 unspecified atom stereocenters. The number of likely N-dealkylation sites (N-methyl/N-ethyl adjacent to an activating group) is 1. The number of nitrogens with one attached hydrogen (secondary N) is 3. The number of carbonyl (C=O) groups excluding carboxylic acids is 1. The maximum atomic E-state index is 12.7. The molecule has 1 aliphatic rings. The number of aromatic amines is 1. The van der Waals surface area contributed by atoms with E-state index in [2.05, 4.69) is 20.8 Å². The summed E-state index contributed by atoms with van der Waals surface area (Å²) >= 11 is 0. The minimum atomic E-state index is -0.235. The van der Waals surface area contributed by atoms with E-state index < -0.39 is 0 Å². The number of aromatic nitrogens is 2. The number of amides is 1. The zero-order valence-corrected chi connectivity index (χ0v) is 15.5. The molecular formula is C18H30N4O3. The molecule has 3 atom stereocenters. The lowest BCUT2D eigenvalue weighted by atomic mass is 9.99. The Morgan fingerprint density at radius 1 is 1.52 bits per heavy atom. The van der Waals surface area contributed by atoms with Crippen molar-refractivity contribution in [3.63, 3.8) is 0 Å². The van der Waals surface area contributed by atoms with Crippen LogP contribution in [-0.4, -0.2) is 54.1 Å². The Morgan fingerprint density at radius 2 is 2.28 bits per heavy atom. The summed E-state index contributed by atoms with van der Waals surface area (Å²) in [6, 6.07) is 1.84. The first-order chi connectivity index (χ1) is 11.9. The third-order valence-electron chi connectivity index (χ3n) is 4.67. The summed E-state index contributed by atoms with van der Waals surface area (Å²) in [5.74, 6) is 0.719. The monoisotopic (exact) mass is 350 g/mol. The molecule has 25 heavy (non-hydrogen) atoms. The van der Waals surface area contributed by atoms with E-state index >= 15 is 0 Å². The SMILES string of the molecule is CNC(/C=C(/C(=O)Nc1cc(C2CCC(O)C2)[nH]n1)C(C)C)COC. The summed E-state index contributed by atoms with van der Waals surface area (Å²) in [7, 11) is 3.48. The smallest absolute Gasteiger partial charge is 0.252 e. The quantitative estimate of drug-likeness (QED) is 0.536. The molecule has 140 valence electrons. The molecule has 2 rings (SSSR count). The van der Waals surface area contributed by atoms with Gasteiger partial charge in [-0.2, -0.15) is 5.10 Å². The van der Waals surface area contributed by atoms with Crippen LogP contribution in [0.25, 0.3) is 0 Å². The zero-order valence-electron chi connectivity index (χ0n) is 15.5. The van der Waals surface area contributed by atoms with Crippen LogP contribution in [-0.2, 0) is 9.53 Å². The normalized spacial score (nSPS) is 22.4. The van der Waals surface area contributed by atoms with Gasteiger partial charge in [-0.05, 0) is 32.2 Å². The van der Waals surface area contributed by atoms with Crippen molar-refractivity contribution in [2.75, 3.05) is 26.1 Å². The maximum absolute atomic E-state index is 12.7. The van der Waals surface area contributed by atoms with Crippen LogP contribution in [0.15, 0.2) is 17.7 Å². The molecule has 1 fully saturated rings. The summed E-state index contributed by atoms with van der Waals surface area (Å²) < 4.78 is 5.17. The van der Waals surface area contributed by atoms with Crippen LogP contribution in [0.3, 0.4) is 0 Å². The van der Waals surface area contributed by atoms with E-state index in [0.29, 0.717) is 18.0 Å². The second-order valence-electron chi connectivity index (χ2n) is 6.95. The highest BCUT2D eigenvalue weighted by Crippen LogP contribution is 2.34. The summed E-state index contributed by atoms with van der Waals surface area (Å²) in [4.78, 5) is 12.7. The predicted molar refractivity (Wildman–Crippen MR) is 97.5 cm³/mol. The van der Waals surface area contributed by atoms with Crippen LogP contribution < -0.4 is 10.6 Å². The Bertz CT molecular complexity index is 597. The van der Waals surface area contributed by atoms with Gasteiger partial charge >= 0.3 is 0 Å². The zero-order chi connectivity index (χ0) is 18.4. The molecule has 0 aromatic carbocycles. The fourth-order valence-electron chi connectivity index (χ4n) is 3.18. The maximum Gasteiger partial charge on any atom is 0.252 e. The summed E-state index contributed by atoms with van der Waals surface area (Å²) in [5, 5.41) is 22.8. The number of aliphatic hydroxyl groups is 1. The van der Waals surface area contributed by atoms with Gasteiger partial charge in [0, 0.05) is 36.4 Å². The Morgan fingerprint density at radius 3 is 2.84 bits per heavy atom. The molecule has 1 amide bonds. The molecule has 1 heterocycles. The molecule has 4 N–H and O–H groups in total. The number of aliphatic hydroxyl groups excluding tert-OH is 1. The number of ether oxygens (including phenoxy) is 1. The Hall–Kier alpha value is -1.70. The fourth-order valence-corrected chi connectivity index (χ4v) is 3.18. The average molecular weight is 350 g/mol. The third-order valence-corrected chi connectivity index (χ3v) is 4.67. The third kappa shape index (κ3) is 5.39. The Balaban J connectivity index is 2.05. The number of H-pyrrole nitrogens is 1. The second kappa shape index (κ2) is 9.12. The Kier molecular flexibility index (Phi) is 7.16. The van der Waals surface area contributed by atoms with Crippen LogP contribution in [0.2, 0.25) is 0 Å². The summed E-state index contributed by atoms with van der Waals surface area (Å²) in [6.07, 6.45) is 4.17. The number of nitrogens with zero attached hydrogens (tertiary/aromatic N) is 1. The van der Waals surface area contributed by atoms with Crippen molar-refractivity contribution >= 4 is 11.7 Å². The second-order valence-corrected chi connectivity index (χ2v) is 6.95.